The Kier molecular flexibility index (Phi) is 13.9. The van der Waals surface area contributed by atoms with Gasteiger partial charge in [-0.05, 0) is 63.6 Å². The molecule has 0 radical (unpaired) electrons. The minimum atomic E-state index is -1.22. The largest absolute Gasteiger partial charge is 0.497 e. The van der Waals surface area contributed by atoms with Gasteiger partial charge in [-0.25, -0.2) is 4.79 Å². The summed E-state index contributed by atoms with van der Waals surface area (Å²) in [7, 11) is 1.58. The number of aliphatic hydroxyl groups excluding tert-OH is 1. The van der Waals surface area contributed by atoms with E-state index in [0.717, 1.165) is 43.4 Å². The molecular formula is C30H47N3O8. The Hall–Kier alpha value is -3.34. The van der Waals surface area contributed by atoms with Gasteiger partial charge in [0.25, 0.3) is 0 Å². The number of carbonyl (C=O) groups excluding carboxylic acids is 3. The lowest BCUT2D eigenvalue weighted by molar-refractivity contribution is -0.138. The Labute approximate surface area is 242 Å². The standard InChI is InChI=1S/C30H47N3O8/c1-30(2,3)41-29(39)33-24(18-21-8-6-5-7-9-21)25(34)19-26(35)32-23(14-15-27(36)37)28(38)31-17-16-20-10-12-22(40-4)13-11-20/h10-13,21,23-25,34H,5-9,14-19H2,1-4H3,(H,31,38)(H,32,35)(H,33,39)(H,36,37)/t23-,24-,25-/m0/s1. The number of carbonyl (C=O) groups is 4. The average molecular weight is 578 g/mol. The van der Waals surface area contributed by atoms with Gasteiger partial charge in [-0.2, -0.15) is 0 Å². The van der Waals surface area contributed by atoms with Crippen molar-refractivity contribution >= 4 is 23.9 Å². The van der Waals surface area contributed by atoms with Gasteiger partial charge in [-0.1, -0.05) is 44.2 Å². The molecule has 11 heteroatoms. The molecule has 1 aliphatic rings. The van der Waals surface area contributed by atoms with Crippen LogP contribution in [0.15, 0.2) is 24.3 Å². The SMILES string of the molecule is COc1ccc(CCNC(=O)[C@H](CCC(=O)O)NC(=O)C[C@H](O)[C@H](CC2CCCCC2)NC(=O)OC(C)(C)C)cc1. The monoisotopic (exact) mass is 577 g/mol. The number of carboxylic acid groups (broad SMARTS) is 1. The molecular weight excluding hydrogens is 530 g/mol. The maximum absolute atomic E-state index is 12.9. The molecule has 2 rings (SSSR count). The smallest absolute Gasteiger partial charge is 0.407 e. The van der Waals surface area contributed by atoms with Crippen LogP contribution < -0.4 is 20.7 Å². The third-order valence-corrected chi connectivity index (χ3v) is 7.04. The molecule has 41 heavy (non-hydrogen) atoms. The third kappa shape index (κ3) is 13.7. The van der Waals surface area contributed by atoms with Gasteiger partial charge in [-0.3, -0.25) is 14.4 Å². The summed E-state index contributed by atoms with van der Waals surface area (Å²) in [5.74, 6) is -1.18. The number of amides is 3. The number of hydrogen-bond acceptors (Lipinski definition) is 7. The highest BCUT2D eigenvalue weighted by Gasteiger charge is 2.30. The number of ether oxygens (including phenoxy) is 2. The van der Waals surface area contributed by atoms with Gasteiger partial charge < -0.3 is 35.6 Å². The van der Waals surface area contributed by atoms with E-state index in [0.29, 0.717) is 18.8 Å². The summed E-state index contributed by atoms with van der Waals surface area (Å²) >= 11 is 0. The molecule has 0 aromatic heterocycles. The van der Waals surface area contributed by atoms with Crippen molar-refractivity contribution in [2.75, 3.05) is 13.7 Å². The van der Waals surface area contributed by atoms with Crippen LogP contribution >= 0.6 is 0 Å². The predicted octanol–water partition coefficient (Wildman–Crippen LogP) is 3.32. The van der Waals surface area contributed by atoms with Crippen LogP contribution in [-0.4, -0.2) is 71.5 Å². The highest BCUT2D eigenvalue weighted by Crippen LogP contribution is 2.28. The molecule has 1 fully saturated rings. The van der Waals surface area contributed by atoms with Crippen LogP contribution in [0.2, 0.25) is 0 Å². The minimum absolute atomic E-state index is 0.104. The second kappa shape index (κ2) is 16.8. The van der Waals surface area contributed by atoms with E-state index in [4.69, 9.17) is 14.6 Å². The molecule has 0 spiro atoms. The molecule has 5 N–H and O–H groups in total. The lowest BCUT2D eigenvalue weighted by Gasteiger charge is -2.31. The lowest BCUT2D eigenvalue weighted by Crippen LogP contribution is -2.51. The molecule has 0 saturated heterocycles. The van der Waals surface area contributed by atoms with Gasteiger partial charge in [-0.15, -0.1) is 0 Å². The van der Waals surface area contributed by atoms with Crippen molar-refractivity contribution in [2.45, 2.75) is 109 Å². The first-order valence-electron chi connectivity index (χ1n) is 14.5. The van der Waals surface area contributed by atoms with Crippen LogP contribution in [0.5, 0.6) is 5.75 Å². The van der Waals surface area contributed by atoms with E-state index in [1.54, 1.807) is 27.9 Å². The van der Waals surface area contributed by atoms with Crippen molar-refractivity contribution < 1.29 is 38.9 Å². The molecule has 0 aliphatic heterocycles. The summed E-state index contributed by atoms with van der Waals surface area (Å²) in [5, 5.41) is 28.2. The fourth-order valence-electron chi connectivity index (χ4n) is 4.92. The maximum Gasteiger partial charge on any atom is 0.407 e. The van der Waals surface area contributed by atoms with Crippen LogP contribution in [0.4, 0.5) is 4.79 Å². The number of methoxy groups -OCH3 is 1. The molecule has 230 valence electrons. The summed E-state index contributed by atoms with van der Waals surface area (Å²) in [6, 6.07) is 5.59. The van der Waals surface area contributed by atoms with E-state index < -0.39 is 47.7 Å². The molecule has 3 atom stereocenters. The zero-order chi connectivity index (χ0) is 30.4. The number of nitrogens with one attached hydrogen (secondary N) is 3. The van der Waals surface area contributed by atoms with Crippen molar-refractivity contribution in [1.82, 2.24) is 16.0 Å². The van der Waals surface area contributed by atoms with E-state index in [9.17, 15) is 24.3 Å². The zero-order valence-corrected chi connectivity index (χ0v) is 24.7. The van der Waals surface area contributed by atoms with Gasteiger partial charge in [0.2, 0.25) is 11.8 Å². The maximum atomic E-state index is 12.9. The molecule has 3 amide bonds. The second-order valence-corrected chi connectivity index (χ2v) is 11.7. The second-order valence-electron chi connectivity index (χ2n) is 11.7. The third-order valence-electron chi connectivity index (χ3n) is 7.04. The Morgan fingerprint density at radius 3 is 2.27 bits per heavy atom. The lowest BCUT2D eigenvalue weighted by atomic mass is 9.83. The zero-order valence-electron chi connectivity index (χ0n) is 24.7. The van der Waals surface area contributed by atoms with Crippen molar-refractivity contribution in [1.29, 1.82) is 0 Å². The predicted molar refractivity (Wildman–Crippen MR) is 153 cm³/mol. The quantitative estimate of drug-likeness (QED) is 0.212. The van der Waals surface area contributed by atoms with Gasteiger partial charge in [0.05, 0.1) is 25.7 Å². The number of rotatable bonds is 15. The minimum Gasteiger partial charge on any atom is -0.497 e. The number of aliphatic hydroxyl groups is 1. The van der Waals surface area contributed by atoms with E-state index in [1.165, 1.54) is 0 Å². The molecule has 1 aromatic rings. The number of carboxylic acids is 1. The Morgan fingerprint density at radius 1 is 1.02 bits per heavy atom. The summed E-state index contributed by atoms with van der Waals surface area (Å²) < 4.78 is 10.5. The van der Waals surface area contributed by atoms with Gasteiger partial charge in [0.15, 0.2) is 0 Å². The molecule has 11 nitrogen and oxygen atoms in total. The molecule has 1 saturated carbocycles. The van der Waals surface area contributed by atoms with Crippen molar-refractivity contribution in [3.63, 3.8) is 0 Å². The van der Waals surface area contributed by atoms with E-state index >= 15 is 0 Å². The van der Waals surface area contributed by atoms with Gasteiger partial charge in [0, 0.05) is 13.0 Å². The molecule has 0 heterocycles. The normalized spacial score (nSPS) is 16.1. The Balaban J connectivity index is 1.99. The average Bonchev–Trinajstić information content (AvgIpc) is 2.90. The fourth-order valence-corrected chi connectivity index (χ4v) is 4.92. The number of aliphatic carboxylic acids is 1. The van der Waals surface area contributed by atoms with Crippen LogP contribution in [0.1, 0.15) is 84.1 Å². The summed E-state index contributed by atoms with van der Waals surface area (Å²) in [4.78, 5) is 49.5. The summed E-state index contributed by atoms with van der Waals surface area (Å²) in [6.45, 7) is 5.51. The molecule has 0 bridgehead atoms. The van der Waals surface area contributed by atoms with E-state index in [2.05, 4.69) is 16.0 Å². The molecule has 1 aliphatic carbocycles. The van der Waals surface area contributed by atoms with Crippen LogP contribution in [0, 0.1) is 5.92 Å². The summed E-state index contributed by atoms with van der Waals surface area (Å²) in [6.07, 6.45) is 3.65. The number of benzene rings is 1. The van der Waals surface area contributed by atoms with Crippen LogP contribution in [-0.2, 0) is 25.5 Å². The van der Waals surface area contributed by atoms with Crippen LogP contribution in [0.25, 0.3) is 0 Å². The van der Waals surface area contributed by atoms with E-state index in [-0.39, 0.29) is 25.8 Å². The first kappa shape index (κ1) is 33.9. The first-order chi connectivity index (χ1) is 19.4. The van der Waals surface area contributed by atoms with Gasteiger partial charge >= 0.3 is 12.1 Å². The van der Waals surface area contributed by atoms with Crippen molar-refractivity contribution in [3.05, 3.63) is 29.8 Å². The highest BCUT2D eigenvalue weighted by molar-refractivity contribution is 5.88. The number of hydrogen-bond donors (Lipinski definition) is 5. The Bertz CT molecular complexity index is 986. The fraction of sp³-hybridized carbons (Fsp3) is 0.667. The topological polar surface area (TPSA) is 163 Å². The van der Waals surface area contributed by atoms with E-state index in [1.807, 2.05) is 24.3 Å². The molecule has 1 aromatic carbocycles. The first-order valence-corrected chi connectivity index (χ1v) is 14.5. The van der Waals surface area contributed by atoms with Crippen LogP contribution in [0.3, 0.4) is 0 Å². The van der Waals surface area contributed by atoms with Crippen molar-refractivity contribution in [2.24, 2.45) is 5.92 Å². The molecule has 0 unspecified atom stereocenters. The van der Waals surface area contributed by atoms with Crippen molar-refractivity contribution in [3.8, 4) is 5.75 Å². The highest BCUT2D eigenvalue weighted by atomic mass is 16.6. The number of alkyl carbamates (subject to hydrolysis) is 1. The summed E-state index contributed by atoms with van der Waals surface area (Å²) in [5.41, 5.74) is 0.252. The van der Waals surface area contributed by atoms with Gasteiger partial charge in [0.1, 0.15) is 17.4 Å². The Morgan fingerprint density at radius 2 is 1.68 bits per heavy atom.